The molecule has 1 nitrogen and oxygen atoms in total. The molecule has 0 amide bonds. The van der Waals surface area contributed by atoms with Crippen molar-refractivity contribution in [1.29, 1.82) is 0 Å². The Morgan fingerprint density at radius 2 is 1.33 bits per heavy atom. The van der Waals surface area contributed by atoms with Gasteiger partial charge in [0.2, 0.25) is 0 Å². The molecule has 0 aliphatic carbocycles. The first-order valence-corrected chi connectivity index (χ1v) is 4.78. The summed E-state index contributed by atoms with van der Waals surface area (Å²) in [5.74, 6) is 0. The molecule has 0 bridgehead atoms. The van der Waals surface area contributed by atoms with Crippen LogP contribution >= 0.6 is 0 Å². The number of hydrogen-bond donors (Lipinski definition) is 0. The van der Waals surface area contributed by atoms with Gasteiger partial charge in [-0.3, -0.25) is 0 Å². The van der Waals surface area contributed by atoms with Crippen LogP contribution in [-0.2, 0) is 0 Å². The molecule has 0 atom stereocenters. The molecule has 0 N–H and O–H groups in total. The Bertz CT molecular complexity index is 117. The Hall–Kier alpha value is 0.250. The molecule has 0 heterocycles. The second kappa shape index (κ2) is 5.08. The van der Waals surface area contributed by atoms with E-state index in [1.165, 1.54) is 24.0 Å². The molecule has 2 heteroatoms. The van der Waals surface area contributed by atoms with Crippen LogP contribution in [0.1, 0.15) is 41.0 Å². The van der Waals surface area contributed by atoms with Gasteiger partial charge in [0.15, 0.2) is 0 Å². The van der Waals surface area contributed by atoms with E-state index in [-0.39, 0.29) is 12.4 Å². The third-order valence-electron chi connectivity index (χ3n) is 3.72. The summed E-state index contributed by atoms with van der Waals surface area (Å²) in [7, 11) is 2.35. The summed E-state index contributed by atoms with van der Waals surface area (Å²) < 4.78 is 1.18. The van der Waals surface area contributed by atoms with Gasteiger partial charge < -0.3 is 16.9 Å². The zero-order valence-electron chi connectivity index (χ0n) is 9.45. The first-order chi connectivity index (χ1) is 4.93. The van der Waals surface area contributed by atoms with E-state index >= 15 is 0 Å². The Kier molecular flexibility index (Phi) is 6.25. The summed E-state index contributed by atoms with van der Waals surface area (Å²) in [6.07, 6.45) is 1.26. The zero-order chi connectivity index (χ0) is 9.12. The molecule has 0 aromatic carbocycles. The number of rotatable bonds is 4. The van der Waals surface area contributed by atoms with E-state index in [1.807, 2.05) is 0 Å². The van der Waals surface area contributed by atoms with Gasteiger partial charge >= 0.3 is 0 Å². The molecule has 0 unspecified atom stereocenters. The van der Waals surface area contributed by atoms with Crippen molar-refractivity contribution < 1.29 is 16.9 Å². The molecule has 0 aromatic rings. The molecular formula is C10H24ClN. The fourth-order valence-electron chi connectivity index (χ4n) is 1.46. The molecule has 0 saturated heterocycles. The summed E-state index contributed by atoms with van der Waals surface area (Å²) in [5.41, 5.74) is 0.434. The van der Waals surface area contributed by atoms with Gasteiger partial charge in [-0.1, -0.05) is 6.92 Å². The Balaban J connectivity index is 0. The maximum Gasteiger partial charge on any atom is 0.0930 e. The number of halogens is 1. The second-order valence-corrected chi connectivity index (χ2v) is 4.19. The summed E-state index contributed by atoms with van der Waals surface area (Å²) in [6, 6.07) is 0. The molecule has 0 rings (SSSR count). The minimum absolute atomic E-state index is 0. The fourth-order valence-corrected chi connectivity index (χ4v) is 1.46. The van der Waals surface area contributed by atoms with E-state index in [0.29, 0.717) is 5.54 Å². The second-order valence-electron chi connectivity index (χ2n) is 4.19. The molecule has 12 heavy (non-hydrogen) atoms. The van der Waals surface area contributed by atoms with Crippen LogP contribution < -0.4 is 12.4 Å². The topological polar surface area (TPSA) is 0 Å². The van der Waals surface area contributed by atoms with E-state index in [1.54, 1.807) is 0 Å². The summed E-state index contributed by atoms with van der Waals surface area (Å²) in [5, 5.41) is 0. The van der Waals surface area contributed by atoms with E-state index in [9.17, 15) is 0 Å². The SMILES string of the molecule is CCC(C)(C)[N+](C)(CC)CC.[Cl-]. The van der Waals surface area contributed by atoms with Crippen molar-refractivity contribution >= 4 is 0 Å². The first-order valence-electron chi connectivity index (χ1n) is 4.78. The highest BCUT2D eigenvalue weighted by Crippen LogP contribution is 2.24. The lowest BCUT2D eigenvalue weighted by molar-refractivity contribution is -0.952. The van der Waals surface area contributed by atoms with Crippen LogP contribution in [0.15, 0.2) is 0 Å². The normalized spacial score (nSPS) is 12.5. The van der Waals surface area contributed by atoms with Gasteiger partial charge in [-0.15, -0.1) is 0 Å². The van der Waals surface area contributed by atoms with Crippen molar-refractivity contribution in [2.75, 3.05) is 20.1 Å². The van der Waals surface area contributed by atoms with E-state index in [2.05, 4.69) is 41.7 Å². The molecule has 0 aliphatic rings. The number of nitrogens with zero attached hydrogens (tertiary/aromatic N) is 1. The number of quaternary nitrogens is 1. The summed E-state index contributed by atoms with van der Waals surface area (Å²) >= 11 is 0. The maximum absolute atomic E-state index is 2.36. The molecule has 0 spiro atoms. The molecule has 0 aliphatic heterocycles. The molecule has 76 valence electrons. The average Bonchev–Trinajstić information content (AvgIpc) is 2.02. The maximum atomic E-state index is 2.36. The van der Waals surface area contributed by atoms with Gasteiger partial charge in [0.05, 0.1) is 25.7 Å². The predicted molar refractivity (Wildman–Crippen MR) is 51.6 cm³/mol. The van der Waals surface area contributed by atoms with E-state index < -0.39 is 0 Å². The van der Waals surface area contributed by atoms with Crippen molar-refractivity contribution in [1.82, 2.24) is 0 Å². The van der Waals surface area contributed by atoms with Gasteiger partial charge in [-0.2, -0.15) is 0 Å². The Labute approximate surface area is 84.1 Å². The van der Waals surface area contributed by atoms with Gasteiger partial charge in [0.25, 0.3) is 0 Å². The molecule has 0 saturated carbocycles. The van der Waals surface area contributed by atoms with Crippen molar-refractivity contribution in [2.45, 2.75) is 46.6 Å². The zero-order valence-corrected chi connectivity index (χ0v) is 10.2. The standard InChI is InChI=1S/C10H24N.ClH/c1-7-10(4,5)11(6,8-2)9-3;/h7-9H2,1-6H3;1H/q+1;/p-1. The third kappa shape index (κ3) is 2.63. The van der Waals surface area contributed by atoms with Gasteiger partial charge in [0, 0.05) is 0 Å². The summed E-state index contributed by atoms with van der Waals surface area (Å²) in [4.78, 5) is 0. The fraction of sp³-hybridized carbons (Fsp3) is 1.00. The molecule has 0 fully saturated rings. The van der Waals surface area contributed by atoms with Gasteiger partial charge in [-0.25, -0.2) is 0 Å². The molecular weight excluding hydrogens is 170 g/mol. The van der Waals surface area contributed by atoms with Gasteiger partial charge in [0.1, 0.15) is 0 Å². The third-order valence-corrected chi connectivity index (χ3v) is 3.72. The lowest BCUT2D eigenvalue weighted by Gasteiger charge is -2.46. The van der Waals surface area contributed by atoms with E-state index in [0.717, 1.165) is 0 Å². The lowest BCUT2D eigenvalue weighted by Crippen LogP contribution is -3.00. The largest absolute Gasteiger partial charge is 1.00 e. The van der Waals surface area contributed by atoms with Crippen molar-refractivity contribution in [2.24, 2.45) is 0 Å². The minimum Gasteiger partial charge on any atom is -1.00 e. The number of hydrogen-bond acceptors (Lipinski definition) is 0. The monoisotopic (exact) mass is 193 g/mol. The van der Waals surface area contributed by atoms with E-state index in [4.69, 9.17) is 0 Å². The van der Waals surface area contributed by atoms with Crippen molar-refractivity contribution in [3.05, 3.63) is 0 Å². The Morgan fingerprint density at radius 3 is 1.42 bits per heavy atom. The Morgan fingerprint density at radius 1 is 1.00 bits per heavy atom. The van der Waals surface area contributed by atoms with Crippen LogP contribution in [0.25, 0.3) is 0 Å². The highest BCUT2D eigenvalue weighted by molar-refractivity contribution is 4.66. The van der Waals surface area contributed by atoms with Crippen molar-refractivity contribution in [3.8, 4) is 0 Å². The quantitative estimate of drug-likeness (QED) is 0.537. The predicted octanol–water partition coefficient (Wildman–Crippen LogP) is -0.335. The summed E-state index contributed by atoms with van der Waals surface area (Å²) in [6.45, 7) is 14.0. The first kappa shape index (κ1) is 14.8. The minimum atomic E-state index is 0. The molecule has 0 aromatic heterocycles. The van der Waals surface area contributed by atoms with Crippen LogP contribution in [0.5, 0.6) is 0 Å². The van der Waals surface area contributed by atoms with Crippen molar-refractivity contribution in [3.63, 3.8) is 0 Å². The highest BCUT2D eigenvalue weighted by Gasteiger charge is 2.35. The smallest absolute Gasteiger partial charge is 0.0930 e. The lowest BCUT2D eigenvalue weighted by atomic mass is 9.96. The van der Waals surface area contributed by atoms with Crippen LogP contribution in [-0.4, -0.2) is 30.2 Å². The van der Waals surface area contributed by atoms with Crippen LogP contribution in [0.3, 0.4) is 0 Å². The van der Waals surface area contributed by atoms with Crippen LogP contribution in [0.2, 0.25) is 0 Å². The molecule has 0 radical (unpaired) electrons. The van der Waals surface area contributed by atoms with Crippen LogP contribution in [0.4, 0.5) is 0 Å². The van der Waals surface area contributed by atoms with Crippen LogP contribution in [0, 0.1) is 0 Å². The highest BCUT2D eigenvalue weighted by atomic mass is 35.5. The van der Waals surface area contributed by atoms with Gasteiger partial charge in [-0.05, 0) is 34.1 Å². The average molecular weight is 194 g/mol.